The molecule has 0 N–H and O–H groups in total. The zero-order valence-electron chi connectivity index (χ0n) is 8.93. The summed E-state index contributed by atoms with van der Waals surface area (Å²) in [6.07, 6.45) is 6.70. The van der Waals surface area contributed by atoms with Gasteiger partial charge in [-0.25, -0.2) is 0 Å². The predicted molar refractivity (Wildman–Crippen MR) is 57.0 cm³/mol. The maximum absolute atomic E-state index is 4.41. The first kappa shape index (κ1) is 10.2. The molecule has 1 rings (SSSR count). The first-order valence-corrected chi connectivity index (χ1v) is 5.22. The lowest BCUT2D eigenvalue weighted by molar-refractivity contribution is 0.856. The molecule has 0 saturated carbocycles. The first-order valence-electron chi connectivity index (χ1n) is 5.22. The van der Waals surface area contributed by atoms with Gasteiger partial charge in [-0.2, -0.15) is 0 Å². The van der Waals surface area contributed by atoms with E-state index in [0.717, 1.165) is 6.42 Å². The molecule has 1 aromatic rings. The summed E-state index contributed by atoms with van der Waals surface area (Å²) in [5.74, 6) is 0. The van der Waals surface area contributed by atoms with Gasteiger partial charge in [0.1, 0.15) is 0 Å². The van der Waals surface area contributed by atoms with Crippen molar-refractivity contribution in [3.05, 3.63) is 29.1 Å². The molecule has 0 saturated heterocycles. The topological polar surface area (TPSA) is 12.9 Å². The number of nitrogens with zero attached hydrogens (tertiary/aromatic N) is 1. The SMILES string of the molecule is CCCc1cc(CCC)c(C)cn1. The Morgan fingerprint density at radius 3 is 2.46 bits per heavy atom. The van der Waals surface area contributed by atoms with Gasteiger partial charge in [0, 0.05) is 11.9 Å². The number of rotatable bonds is 4. The van der Waals surface area contributed by atoms with E-state index in [1.807, 2.05) is 6.20 Å². The van der Waals surface area contributed by atoms with Crippen LogP contribution in [-0.2, 0) is 12.8 Å². The molecule has 0 spiro atoms. The summed E-state index contributed by atoms with van der Waals surface area (Å²) in [5, 5.41) is 0. The number of hydrogen-bond donors (Lipinski definition) is 0. The summed E-state index contributed by atoms with van der Waals surface area (Å²) in [4.78, 5) is 4.41. The van der Waals surface area contributed by atoms with Gasteiger partial charge in [-0.1, -0.05) is 26.7 Å². The van der Waals surface area contributed by atoms with Gasteiger partial charge in [-0.3, -0.25) is 4.98 Å². The van der Waals surface area contributed by atoms with E-state index in [4.69, 9.17) is 0 Å². The second kappa shape index (κ2) is 5.00. The molecule has 0 aliphatic rings. The number of pyridine rings is 1. The largest absolute Gasteiger partial charge is 0.261 e. The minimum Gasteiger partial charge on any atom is -0.261 e. The van der Waals surface area contributed by atoms with Crippen molar-refractivity contribution in [2.75, 3.05) is 0 Å². The van der Waals surface area contributed by atoms with Crippen LogP contribution in [0.5, 0.6) is 0 Å². The molecule has 0 atom stereocenters. The van der Waals surface area contributed by atoms with Crippen molar-refractivity contribution < 1.29 is 0 Å². The van der Waals surface area contributed by atoms with Crippen molar-refractivity contribution in [2.24, 2.45) is 0 Å². The molecule has 0 aromatic carbocycles. The fourth-order valence-corrected chi connectivity index (χ4v) is 1.55. The van der Waals surface area contributed by atoms with Crippen LogP contribution in [-0.4, -0.2) is 4.98 Å². The maximum atomic E-state index is 4.41. The average Bonchev–Trinajstić information content (AvgIpc) is 2.12. The van der Waals surface area contributed by atoms with Crippen LogP contribution in [0.3, 0.4) is 0 Å². The third-order valence-electron chi connectivity index (χ3n) is 2.30. The highest BCUT2D eigenvalue weighted by Crippen LogP contribution is 2.11. The number of hydrogen-bond acceptors (Lipinski definition) is 1. The smallest absolute Gasteiger partial charge is 0.0406 e. The van der Waals surface area contributed by atoms with Gasteiger partial charge in [-0.05, 0) is 37.0 Å². The molecule has 1 heteroatoms. The Morgan fingerprint density at radius 1 is 1.15 bits per heavy atom. The highest BCUT2D eigenvalue weighted by molar-refractivity contribution is 5.25. The first-order chi connectivity index (χ1) is 6.27. The van der Waals surface area contributed by atoms with Gasteiger partial charge in [-0.15, -0.1) is 0 Å². The Morgan fingerprint density at radius 2 is 1.85 bits per heavy atom. The standard InChI is InChI=1S/C12H19N/c1-4-6-11-8-12(7-5-2)13-9-10(11)3/h8-9H,4-7H2,1-3H3. The predicted octanol–water partition coefficient (Wildman–Crippen LogP) is 3.30. The zero-order chi connectivity index (χ0) is 9.68. The lowest BCUT2D eigenvalue weighted by Gasteiger charge is -2.06. The normalized spacial score (nSPS) is 10.4. The van der Waals surface area contributed by atoms with Crippen molar-refractivity contribution in [1.82, 2.24) is 4.98 Å². The molecule has 13 heavy (non-hydrogen) atoms. The van der Waals surface area contributed by atoms with E-state index in [9.17, 15) is 0 Å². The summed E-state index contributed by atoms with van der Waals surface area (Å²) in [6, 6.07) is 2.27. The zero-order valence-corrected chi connectivity index (χ0v) is 8.93. The molecular formula is C12H19N. The minimum atomic E-state index is 1.11. The molecule has 0 aliphatic carbocycles. The van der Waals surface area contributed by atoms with Gasteiger partial charge >= 0.3 is 0 Å². The molecule has 0 radical (unpaired) electrons. The Kier molecular flexibility index (Phi) is 3.94. The van der Waals surface area contributed by atoms with Crippen molar-refractivity contribution in [1.29, 1.82) is 0 Å². The second-order valence-electron chi connectivity index (χ2n) is 3.60. The highest BCUT2D eigenvalue weighted by Gasteiger charge is 1.99. The van der Waals surface area contributed by atoms with Crippen LogP contribution in [0.4, 0.5) is 0 Å². The van der Waals surface area contributed by atoms with Crippen LogP contribution in [0.2, 0.25) is 0 Å². The van der Waals surface area contributed by atoms with Crippen molar-refractivity contribution in [3.63, 3.8) is 0 Å². The molecule has 72 valence electrons. The molecule has 1 aromatic heterocycles. The fraction of sp³-hybridized carbons (Fsp3) is 0.583. The van der Waals surface area contributed by atoms with Gasteiger partial charge in [0.15, 0.2) is 0 Å². The van der Waals surface area contributed by atoms with Gasteiger partial charge in [0.05, 0.1) is 0 Å². The van der Waals surface area contributed by atoms with Crippen LogP contribution >= 0.6 is 0 Å². The molecule has 1 heterocycles. The van der Waals surface area contributed by atoms with E-state index in [1.54, 1.807) is 0 Å². The van der Waals surface area contributed by atoms with Crippen LogP contribution in [0.25, 0.3) is 0 Å². The Hall–Kier alpha value is -0.850. The highest BCUT2D eigenvalue weighted by atomic mass is 14.7. The summed E-state index contributed by atoms with van der Waals surface area (Å²) >= 11 is 0. The van der Waals surface area contributed by atoms with Crippen LogP contribution < -0.4 is 0 Å². The Labute approximate surface area is 81.2 Å². The van der Waals surface area contributed by atoms with Crippen LogP contribution in [0.1, 0.15) is 43.5 Å². The summed E-state index contributed by atoms with van der Waals surface area (Å²) < 4.78 is 0. The Balaban J connectivity index is 2.83. The minimum absolute atomic E-state index is 1.11. The second-order valence-corrected chi connectivity index (χ2v) is 3.60. The van der Waals surface area contributed by atoms with E-state index >= 15 is 0 Å². The number of aromatic nitrogens is 1. The lowest BCUT2D eigenvalue weighted by Crippen LogP contribution is -1.95. The van der Waals surface area contributed by atoms with Crippen LogP contribution in [0.15, 0.2) is 12.3 Å². The summed E-state index contributed by atoms with van der Waals surface area (Å²) in [7, 11) is 0. The molecule has 0 amide bonds. The quantitative estimate of drug-likeness (QED) is 0.687. The molecule has 0 bridgehead atoms. The lowest BCUT2D eigenvalue weighted by atomic mass is 10.0. The molecule has 0 fully saturated rings. The van der Waals surface area contributed by atoms with Crippen molar-refractivity contribution in [2.45, 2.75) is 46.5 Å². The van der Waals surface area contributed by atoms with E-state index in [-0.39, 0.29) is 0 Å². The number of aryl methyl sites for hydroxylation is 3. The molecule has 0 aliphatic heterocycles. The third-order valence-corrected chi connectivity index (χ3v) is 2.30. The van der Waals surface area contributed by atoms with E-state index < -0.39 is 0 Å². The van der Waals surface area contributed by atoms with Crippen molar-refractivity contribution in [3.8, 4) is 0 Å². The monoisotopic (exact) mass is 177 g/mol. The maximum Gasteiger partial charge on any atom is 0.0406 e. The molecule has 0 unspecified atom stereocenters. The van der Waals surface area contributed by atoms with Gasteiger partial charge in [0.25, 0.3) is 0 Å². The van der Waals surface area contributed by atoms with E-state index in [1.165, 1.54) is 36.1 Å². The van der Waals surface area contributed by atoms with Crippen molar-refractivity contribution >= 4 is 0 Å². The summed E-state index contributed by atoms with van der Waals surface area (Å²) in [6.45, 7) is 6.56. The van der Waals surface area contributed by atoms with E-state index in [0.29, 0.717) is 0 Å². The van der Waals surface area contributed by atoms with Gasteiger partial charge < -0.3 is 0 Å². The van der Waals surface area contributed by atoms with Gasteiger partial charge in [0.2, 0.25) is 0 Å². The van der Waals surface area contributed by atoms with E-state index in [2.05, 4.69) is 31.8 Å². The third kappa shape index (κ3) is 2.83. The summed E-state index contributed by atoms with van der Waals surface area (Å²) in [5.41, 5.74) is 4.05. The Bertz CT molecular complexity index is 266. The average molecular weight is 177 g/mol. The van der Waals surface area contributed by atoms with Crippen LogP contribution in [0, 0.1) is 6.92 Å². The fourth-order valence-electron chi connectivity index (χ4n) is 1.55. The molecular weight excluding hydrogens is 158 g/mol. The molecule has 1 nitrogen and oxygen atoms in total.